The van der Waals surface area contributed by atoms with Crippen molar-refractivity contribution in [3.63, 3.8) is 0 Å². The SMILES string of the molecule is O=S(=O)(NC1CCC1)c1cc(CO)ccc1Br. The molecular weight excluding hydrogens is 306 g/mol. The fourth-order valence-electron chi connectivity index (χ4n) is 1.66. The second-order valence-electron chi connectivity index (χ2n) is 4.17. The minimum atomic E-state index is -3.49. The molecule has 0 saturated heterocycles. The molecule has 0 atom stereocenters. The minimum Gasteiger partial charge on any atom is -0.392 e. The molecule has 1 aliphatic rings. The summed E-state index contributed by atoms with van der Waals surface area (Å²) in [5.41, 5.74) is 0.585. The highest BCUT2D eigenvalue weighted by Crippen LogP contribution is 2.26. The molecule has 1 aliphatic carbocycles. The van der Waals surface area contributed by atoms with Crippen molar-refractivity contribution in [2.45, 2.75) is 36.8 Å². The Morgan fingerprint density at radius 3 is 2.65 bits per heavy atom. The van der Waals surface area contributed by atoms with Crippen LogP contribution in [-0.2, 0) is 16.6 Å². The highest BCUT2D eigenvalue weighted by molar-refractivity contribution is 9.10. The van der Waals surface area contributed by atoms with Gasteiger partial charge in [-0.1, -0.05) is 12.5 Å². The van der Waals surface area contributed by atoms with Gasteiger partial charge in [-0.25, -0.2) is 13.1 Å². The van der Waals surface area contributed by atoms with Crippen molar-refractivity contribution in [2.24, 2.45) is 0 Å². The standard InChI is InChI=1S/C11H14BrNO3S/c12-10-5-4-8(7-14)6-11(10)17(15,16)13-9-2-1-3-9/h4-6,9,13-14H,1-3,7H2. The van der Waals surface area contributed by atoms with E-state index in [0.29, 0.717) is 10.0 Å². The smallest absolute Gasteiger partial charge is 0.241 e. The number of sulfonamides is 1. The molecule has 1 saturated carbocycles. The Labute approximate surface area is 109 Å². The third-order valence-electron chi connectivity index (χ3n) is 2.89. The van der Waals surface area contributed by atoms with Crippen LogP contribution < -0.4 is 4.72 Å². The average Bonchev–Trinajstić information content (AvgIpc) is 2.24. The Kier molecular flexibility index (Phi) is 3.87. The van der Waals surface area contributed by atoms with Crippen molar-refractivity contribution < 1.29 is 13.5 Å². The largest absolute Gasteiger partial charge is 0.392 e. The van der Waals surface area contributed by atoms with Crippen molar-refractivity contribution >= 4 is 26.0 Å². The van der Waals surface area contributed by atoms with Crippen molar-refractivity contribution in [1.82, 2.24) is 4.72 Å². The Hall–Kier alpha value is -0.430. The molecule has 0 aromatic heterocycles. The van der Waals surface area contributed by atoms with Gasteiger partial charge in [0.2, 0.25) is 10.0 Å². The summed E-state index contributed by atoms with van der Waals surface area (Å²) < 4.78 is 27.4. The van der Waals surface area contributed by atoms with E-state index >= 15 is 0 Å². The molecule has 6 heteroatoms. The molecule has 0 unspecified atom stereocenters. The zero-order valence-electron chi connectivity index (χ0n) is 9.19. The summed E-state index contributed by atoms with van der Waals surface area (Å²) in [6.45, 7) is -0.167. The second kappa shape index (κ2) is 5.06. The average molecular weight is 320 g/mol. The lowest BCUT2D eigenvalue weighted by Crippen LogP contribution is -2.39. The molecule has 4 nitrogen and oxygen atoms in total. The predicted molar refractivity (Wildman–Crippen MR) is 68.0 cm³/mol. The second-order valence-corrected chi connectivity index (χ2v) is 6.71. The summed E-state index contributed by atoms with van der Waals surface area (Å²) in [6, 6.07) is 4.88. The van der Waals surface area contributed by atoms with Crippen LogP contribution in [0.3, 0.4) is 0 Å². The maximum atomic E-state index is 12.1. The molecule has 1 aromatic rings. The molecular formula is C11H14BrNO3S. The van der Waals surface area contributed by atoms with Crippen molar-refractivity contribution in [3.05, 3.63) is 28.2 Å². The maximum absolute atomic E-state index is 12.1. The van der Waals surface area contributed by atoms with Gasteiger partial charge < -0.3 is 5.11 Å². The van der Waals surface area contributed by atoms with Crippen molar-refractivity contribution in [3.8, 4) is 0 Å². The van der Waals surface area contributed by atoms with Gasteiger partial charge >= 0.3 is 0 Å². The lowest BCUT2D eigenvalue weighted by molar-refractivity contribution is 0.281. The molecule has 94 valence electrons. The molecule has 1 aromatic carbocycles. The van der Waals surface area contributed by atoms with Crippen molar-refractivity contribution in [2.75, 3.05) is 0 Å². The lowest BCUT2D eigenvalue weighted by atomic mass is 9.94. The fourth-order valence-corrected chi connectivity index (χ4v) is 3.98. The van der Waals surface area contributed by atoms with Gasteiger partial charge in [0.05, 0.1) is 11.5 Å². The summed E-state index contributed by atoms with van der Waals surface area (Å²) in [5, 5.41) is 9.03. The summed E-state index contributed by atoms with van der Waals surface area (Å²) >= 11 is 3.22. The van der Waals surface area contributed by atoms with Gasteiger partial charge in [0.15, 0.2) is 0 Å². The number of hydrogen-bond acceptors (Lipinski definition) is 3. The first kappa shape index (κ1) is 13.0. The van der Waals surface area contributed by atoms with E-state index in [1.165, 1.54) is 6.07 Å². The minimum absolute atomic E-state index is 0.0599. The van der Waals surface area contributed by atoms with Crippen LogP contribution in [0.15, 0.2) is 27.6 Å². The quantitative estimate of drug-likeness (QED) is 0.888. The van der Waals surface area contributed by atoms with E-state index in [0.717, 1.165) is 19.3 Å². The van der Waals surface area contributed by atoms with E-state index in [1.807, 2.05) is 0 Å². The van der Waals surface area contributed by atoms with Crippen molar-refractivity contribution in [1.29, 1.82) is 0 Å². The number of nitrogens with one attached hydrogen (secondary N) is 1. The van der Waals surface area contributed by atoms with Gasteiger partial charge in [-0.3, -0.25) is 0 Å². The third kappa shape index (κ3) is 2.88. The van der Waals surface area contributed by atoms with Gasteiger partial charge in [0, 0.05) is 10.5 Å². The zero-order valence-corrected chi connectivity index (χ0v) is 11.6. The van der Waals surface area contributed by atoms with Crippen LogP contribution in [0.25, 0.3) is 0 Å². The molecule has 2 N–H and O–H groups in total. The Bertz CT molecular complexity index is 511. The highest BCUT2D eigenvalue weighted by atomic mass is 79.9. The van der Waals surface area contributed by atoms with Crippen LogP contribution >= 0.6 is 15.9 Å². The molecule has 0 amide bonds. The summed E-state index contributed by atoms with van der Waals surface area (Å²) in [6.07, 6.45) is 2.87. The number of rotatable bonds is 4. The lowest BCUT2D eigenvalue weighted by Gasteiger charge is -2.26. The van der Waals surface area contributed by atoms with Crippen LogP contribution in [0.4, 0.5) is 0 Å². The first-order valence-corrected chi connectivity index (χ1v) is 7.72. The Balaban J connectivity index is 2.30. The molecule has 0 heterocycles. The molecule has 1 fully saturated rings. The number of benzene rings is 1. The fraction of sp³-hybridized carbons (Fsp3) is 0.455. The van der Waals surface area contributed by atoms with E-state index in [1.54, 1.807) is 12.1 Å². The summed E-state index contributed by atoms with van der Waals surface area (Å²) in [7, 11) is -3.49. The highest BCUT2D eigenvalue weighted by Gasteiger charge is 2.26. The van der Waals surface area contributed by atoms with Crippen LogP contribution in [0.2, 0.25) is 0 Å². The first-order valence-electron chi connectivity index (χ1n) is 5.44. The van der Waals surface area contributed by atoms with Crippen LogP contribution in [0.5, 0.6) is 0 Å². The molecule has 2 rings (SSSR count). The Morgan fingerprint density at radius 2 is 2.12 bits per heavy atom. The van der Waals surface area contributed by atoms with Crippen LogP contribution in [0.1, 0.15) is 24.8 Å². The predicted octanol–water partition coefficient (Wildman–Crippen LogP) is 1.77. The van der Waals surface area contributed by atoms with E-state index in [4.69, 9.17) is 5.11 Å². The van der Waals surface area contributed by atoms with Gasteiger partial charge in [0.25, 0.3) is 0 Å². The van der Waals surface area contributed by atoms with Gasteiger partial charge in [-0.2, -0.15) is 0 Å². The van der Waals surface area contributed by atoms with Gasteiger partial charge in [-0.05, 0) is 46.5 Å². The van der Waals surface area contributed by atoms with E-state index in [2.05, 4.69) is 20.7 Å². The first-order chi connectivity index (χ1) is 8.03. The van der Waals surface area contributed by atoms with Crippen LogP contribution in [0, 0.1) is 0 Å². The van der Waals surface area contributed by atoms with E-state index in [-0.39, 0.29) is 17.5 Å². The number of aliphatic hydroxyl groups excluding tert-OH is 1. The topological polar surface area (TPSA) is 66.4 Å². The normalized spacial score (nSPS) is 16.8. The Morgan fingerprint density at radius 1 is 1.41 bits per heavy atom. The molecule has 0 spiro atoms. The van der Waals surface area contributed by atoms with E-state index < -0.39 is 10.0 Å². The zero-order chi connectivity index (χ0) is 12.5. The number of hydrogen-bond donors (Lipinski definition) is 2. The van der Waals surface area contributed by atoms with Gasteiger partial charge in [-0.15, -0.1) is 0 Å². The monoisotopic (exact) mass is 319 g/mol. The molecule has 0 aliphatic heterocycles. The summed E-state index contributed by atoms with van der Waals surface area (Å²) in [4.78, 5) is 0.191. The number of aliphatic hydroxyl groups is 1. The molecule has 17 heavy (non-hydrogen) atoms. The molecule has 0 bridgehead atoms. The number of halogens is 1. The van der Waals surface area contributed by atoms with Crippen LogP contribution in [-0.4, -0.2) is 19.6 Å². The molecule has 0 radical (unpaired) electrons. The van der Waals surface area contributed by atoms with Gasteiger partial charge in [0.1, 0.15) is 0 Å². The third-order valence-corrected chi connectivity index (χ3v) is 5.41. The maximum Gasteiger partial charge on any atom is 0.241 e. The summed E-state index contributed by atoms with van der Waals surface area (Å²) in [5.74, 6) is 0. The van der Waals surface area contributed by atoms with E-state index in [9.17, 15) is 8.42 Å².